The van der Waals surface area contributed by atoms with Crippen LogP contribution in [-0.4, -0.2) is 50.0 Å². The van der Waals surface area contributed by atoms with Gasteiger partial charge in [-0.25, -0.2) is 8.42 Å². The normalized spacial score (nSPS) is 14.4. The molecule has 9 heteroatoms. The zero-order valence-electron chi connectivity index (χ0n) is 23.8. The lowest BCUT2D eigenvalue weighted by Gasteiger charge is -2.34. The van der Waals surface area contributed by atoms with E-state index in [4.69, 9.17) is 11.6 Å². The average molecular weight is 596 g/mol. The van der Waals surface area contributed by atoms with Crippen LogP contribution in [0.15, 0.2) is 72.8 Å². The van der Waals surface area contributed by atoms with Crippen LogP contribution in [0.3, 0.4) is 0 Å². The average Bonchev–Trinajstić information content (AvgIpc) is 3.44. The molecule has 1 atom stereocenters. The molecule has 0 aromatic heterocycles. The summed E-state index contributed by atoms with van der Waals surface area (Å²) in [5.74, 6) is -0.738. The van der Waals surface area contributed by atoms with Crippen LogP contribution in [-0.2, 0) is 32.6 Å². The van der Waals surface area contributed by atoms with Crippen LogP contribution in [0.25, 0.3) is 0 Å². The van der Waals surface area contributed by atoms with E-state index in [-0.39, 0.29) is 24.9 Å². The highest BCUT2D eigenvalue weighted by Crippen LogP contribution is 2.26. The number of carbonyl (C=O) groups is 2. The second-order valence-electron chi connectivity index (χ2n) is 10.9. The number of benzene rings is 3. The lowest BCUT2D eigenvalue weighted by molar-refractivity contribution is -0.140. The Balaban J connectivity index is 1.75. The second-order valence-corrected chi connectivity index (χ2v) is 13.2. The summed E-state index contributed by atoms with van der Waals surface area (Å²) in [6, 6.07) is 21.4. The van der Waals surface area contributed by atoms with E-state index < -0.39 is 28.5 Å². The first-order valence-electron chi connectivity index (χ1n) is 13.9. The Hall–Kier alpha value is -3.36. The minimum atomic E-state index is -3.83. The Morgan fingerprint density at radius 3 is 2.29 bits per heavy atom. The van der Waals surface area contributed by atoms with Crippen LogP contribution in [0.2, 0.25) is 5.02 Å². The highest BCUT2D eigenvalue weighted by Gasteiger charge is 2.34. The summed E-state index contributed by atoms with van der Waals surface area (Å²) in [6.07, 6.45) is 5.27. The minimum absolute atomic E-state index is 0.0541. The topological polar surface area (TPSA) is 86.8 Å². The number of sulfonamides is 1. The Labute approximate surface area is 248 Å². The van der Waals surface area contributed by atoms with E-state index in [1.165, 1.54) is 4.90 Å². The summed E-state index contributed by atoms with van der Waals surface area (Å²) in [5, 5.41) is 3.64. The predicted octanol–water partition coefficient (Wildman–Crippen LogP) is 5.42. The number of hydrogen-bond donors (Lipinski definition) is 1. The van der Waals surface area contributed by atoms with Crippen LogP contribution in [0.4, 0.5) is 5.69 Å². The fourth-order valence-electron chi connectivity index (χ4n) is 5.31. The van der Waals surface area contributed by atoms with Crippen molar-refractivity contribution in [3.63, 3.8) is 0 Å². The predicted molar refractivity (Wildman–Crippen MR) is 164 cm³/mol. The van der Waals surface area contributed by atoms with Gasteiger partial charge in [0.05, 0.1) is 11.9 Å². The van der Waals surface area contributed by atoms with Crippen molar-refractivity contribution in [1.29, 1.82) is 0 Å². The largest absolute Gasteiger partial charge is 0.352 e. The summed E-state index contributed by atoms with van der Waals surface area (Å²) >= 11 is 6.52. The number of amides is 2. The van der Waals surface area contributed by atoms with Gasteiger partial charge in [-0.15, -0.1) is 0 Å². The van der Waals surface area contributed by atoms with Gasteiger partial charge in [-0.2, -0.15) is 0 Å². The van der Waals surface area contributed by atoms with Crippen molar-refractivity contribution < 1.29 is 18.0 Å². The van der Waals surface area contributed by atoms with Crippen molar-refractivity contribution in [2.75, 3.05) is 17.1 Å². The molecule has 2 amide bonds. The van der Waals surface area contributed by atoms with Gasteiger partial charge in [0.25, 0.3) is 0 Å². The Bertz CT molecular complexity index is 1470. The molecule has 0 bridgehead atoms. The number of halogens is 1. The van der Waals surface area contributed by atoms with Gasteiger partial charge in [0.2, 0.25) is 21.8 Å². The number of aryl methyl sites for hydroxylation is 2. The molecule has 3 aromatic carbocycles. The summed E-state index contributed by atoms with van der Waals surface area (Å²) in [4.78, 5) is 29.6. The molecule has 0 saturated heterocycles. The van der Waals surface area contributed by atoms with Crippen molar-refractivity contribution in [1.82, 2.24) is 10.2 Å². The third-order valence-electron chi connectivity index (χ3n) is 7.58. The van der Waals surface area contributed by atoms with Gasteiger partial charge >= 0.3 is 0 Å². The molecular weight excluding hydrogens is 558 g/mol. The van der Waals surface area contributed by atoms with Gasteiger partial charge in [0.15, 0.2) is 0 Å². The van der Waals surface area contributed by atoms with Crippen LogP contribution < -0.4 is 9.62 Å². The van der Waals surface area contributed by atoms with Crippen LogP contribution >= 0.6 is 11.6 Å². The standard InChI is InChI=1S/C32H38ClN3O4S/c1-23-17-18-24(2)29(19-23)36(41(3,39)40)22-31(37)35(21-26-13-7-10-16-28(26)33)30(20-25-11-5-4-6-12-25)32(38)34-27-14-8-9-15-27/h4-7,10-13,16-19,27,30H,8-9,14-15,20-22H2,1-3H3,(H,34,38)/t30-/m1/s1. The second kappa shape index (κ2) is 13.5. The number of rotatable bonds is 11. The van der Waals surface area contributed by atoms with Crippen molar-refractivity contribution in [2.24, 2.45) is 0 Å². The Morgan fingerprint density at radius 1 is 0.976 bits per heavy atom. The molecule has 7 nitrogen and oxygen atoms in total. The van der Waals surface area contributed by atoms with Crippen molar-refractivity contribution in [3.05, 3.63) is 100 Å². The minimum Gasteiger partial charge on any atom is -0.352 e. The van der Waals surface area contributed by atoms with Crippen LogP contribution in [0.5, 0.6) is 0 Å². The van der Waals surface area contributed by atoms with Crippen molar-refractivity contribution in [2.45, 2.75) is 64.6 Å². The maximum atomic E-state index is 14.3. The van der Waals surface area contributed by atoms with Gasteiger partial charge in [-0.1, -0.05) is 85.1 Å². The molecule has 1 saturated carbocycles. The smallest absolute Gasteiger partial charge is 0.244 e. The molecule has 0 radical (unpaired) electrons. The highest BCUT2D eigenvalue weighted by atomic mass is 35.5. The molecule has 1 aliphatic rings. The molecule has 1 fully saturated rings. The molecule has 1 aliphatic carbocycles. The molecule has 0 aliphatic heterocycles. The molecule has 218 valence electrons. The molecule has 0 heterocycles. The fraction of sp³-hybridized carbons (Fsp3) is 0.375. The number of nitrogens with one attached hydrogen (secondary N) is 1. The maximum absolute atomic E-state index is 14.3. The zero-order chi connectivity index (χ0) is 29.6. The van der Waals surface area contributed by atoms with E-state index in [9.17, 15) is 18.0 Å². The Kier molecular flexibility index (Phi) is 10.1. The third kappa shape index (κ3) is 8.11. The summed E-state index contributed by atoms with van der Waals surface area (Å²) in [6.45, 7) is 3.29. The van der Waals surface area contributed by atoms with E-state index in [1.807, 2.05) is 68.4 Å². The highest BCUT2D eigenvalue weighted by molar-refractivity contribution is 7.92. The Morgan fingerprint density at radius 2 is 1.63 bits per heavy atom. The molecule has 41 heavy (non-hydrogen) atoms. The van der Waals surface area contributed by atoms with E-state index in [0.717, 1.165) is 52.9 Å². The number of carbonyl (C=O) groups excluding carboxylic acids is 2. The first-order valence-corrected chi connectivity index (χ1v) is 16.2. The SMILES string of the molecule is Cc1ccc(C)c(N(CC(=O)N(Cc2ccccc2Cl)[C@H](Cc2ccccc2)C(=O)NC2CCCC2)S(C)(=O)=O)c1. The van der Waals surface area contributed by atoms with E-state index in [2.05, 4.69) is 5.32 Å². The monoisotopic (exact) mass is 595 g/mol. The van der Waals surface area contributed by atoms with Gasteiger partial charge < -0.3 is 10.2 Å². The lowest BCUT2D eigenvalue weighted by Crippen LogP contribution is -2.54. The van der Waals surface area contributed by atoms with E-state index >= 15 is 0 Å². The molecule has 3 aromatic rings. The van der Waals surface area contributed by atoms with E-state index in [0.29, 0.717) is 16.3 Å². The third-order valence-corrected chi connectivity index (χ3v) is 9.08. The van der Waals surface area contributed by atoms with Gasteiger partial charge in [0.1, 0.15) is 12.6 Å². The summed E-state index contributed by atoms with van der Waals surface area (Å²) in [5.41, 5.74) is 3.61. The quantitative estimate of drug-likeness (QED) is 0.321. The van der Waals surface area contributed by atoms with Gasteiger partial charge in [-0.05, 0) is 61.1 Å². The lowest BCUT2D eigenvalue weighted by atomic mass is 10.0. The molecular formula is C32H38ClN3O4S. The molecule has 0 unspecified atom stereocenters. The van der Waals surface area contributed by atoms with Crippen LogP contribution in [0, 0.1) is 13.8 Å². The summed E-state index contributed by atoms with van der Waals surface area (Å²) in [7, 11) is -3.83. The number of nitrogens with zero attached hydrogens (tertiary/aromatic N) is 2. The van der Waals surface area contributed by atoms with Crippen LogP contribution in [0.1, 0.15) is 47.9 Å². The zero-order valence-corrected chi connectivity index (χ0v) is 25.4. The van der Waals surface area contributed by atoms with Gasteiger partial charge in [0, 0.05) is 24.0 Å². The fourth-order valence-corrected chi connectivity index (χ4v) is 6.41. The number of hydrogen-bond acceptors (Lipinski definition) is 4. The van der Waals surface area contributed by atoms with Gasteiger partial charge in [-0.3, -0.25) is 13.9 Å². The first-order chi connectivity index (χ1) is 19.5. The molecule has 0 spiro atoms. The number of anilines is 1. The van der Waals surface area contributed by atoms with Crippen molar-refractivity contribution in [3.8, 4) is 0 Å². The maximum Gasteiger partial charge on any atom is 0.244 e. The van der Waals surface area contributed by atoms with E-state index in [1.54, 1.807) is 18.2 Å². The summed E-state index contributed by atoms with van der Waals surface area (Å²) < 4.78 is 27.2. The molecule has 1 N–H and O–H groups in total. The van der Waals surface area contributed by atoms with Crippen molar-refractivity contribution >= 4 is 39.1 Å². The first kappa shape index (κ1) is 30.6. The molecule has 4 rings (SSSR count).